The van der Waals surface area contributed by atoms with Crippen LogP contribution in [0, 0.1) is 17.2 Å². The molecule has 0 spiro atoms. The minimum Gasteiger partial charge on any atom is -0.198 e. The Morgan fingerprint density at radius 2 is 1.61 bits per heavy atom. The Labute approximate surface area is 108 Å². The maximum absolute atomic E-state index is 8.99. The molecule has 0 saturated heterocycles. The van der Waals surface area contributed by atoms with Gasteiger partial charge in [-0.2, -0.15) is 5.26 Å². The highest BCUT2D eigenvalue weighted by Crippen LogP contribution is 2.53. The lowest BCUT2D eigenvalue weighted by Crippen LogP contribution is -2.03. The molecule has 0 bridgehead atoms. The van der Waals surface area contributed by atoms with E-state index < -0.39 is 0 Å². The maximum atomic E-state index is 8.99. The molecule has 3 rings (SSSR count). The average molecular weight is 233 g/mol. The van der Waals surface area contributed by atoms with Gasteiger partial charge in [0.2, 0.25) is 0 Å². The summed E-state index contributed by atoms with van der Waals surface area (Å²) in [7, 11) is 0. The molecule has 1 saturated carbocycles. The van der Waals surface area contributed by atoms with Crippen molar-refractivity contribution in [1.29, 1.82) is 5.26 Å². The lowest BCUT2D eigenvalue weighted by molar-refractivity contribution is 0.742. The van der Waals surface area contributed by atoms with Gasteiger partial charge in [-0.1, -0.05) is 61.5 Å². The molecule has 2 unspecified atom stereocenters. The van der Waals surface area contributed by atoms with Crippen LogP contribution < -0.4 is 0 Å². The van der Waals surface area contributed by atoms with Gasteiger partial charge in [-0.05, 0) is 23.1 Å². The van der Waals surface area contributed by atoms with E-state index >= 15 is 0 Å². The number of hydrogen-bond donors (Lipinski definition) is 0. The fourth-order valence-corrected chi connectivity index (χ4v) is 2.55. The van der Waals surface area contributed by atoms with Gasteiger partial charge < -0.3 is 0 Å². The molecule has 0 aliphatic heterocycles. The molecule has 88 valence electrons. The third kappa shape index (κ3) is 1.71. The molecule has 1 fully saturated rings. The van der Waals surface area contributed by atoms with Crippen molar-refractivity contribution in [3.63, 3.8) is 0 Å². The van der Waals surface area contributed by atoms with E-state index in [9.17, 15) is 0 Å². The molecule has 1 aliphatic rings. The van der Waals surface area contributed by atoms with Gasteiger partial charge in [0.05, 0.1) is 12.0 Å². The largest absolute Gasteiger partial charge is 0.198 e. The lowest BCUT2D eigenvalue weighted by Gasteiger charge is -2.10. The first kappa shape index (κ1) is 11.0. The molecule has 18 heavy (non-hydrogen) atoms. The Hall–Kier alpha value is -2.07. The van der Waals surface area contributed by atoms with Crippen molar-refractivity contribution in [2.24, 2.45) is 5.92 Å². The Bertz CT molecular complexity index is 592. The quantitative estimate of drug-likeness (QED) is 0.764. The van der Waals surface area contributed by atoms with Crippen molar-refractivity contribution in [2.45, 2.75) is 18.8 Å². The van der Waals surface area contributed by atoms with Crippen LogP contribution in [0.3, 0.4) is 0 Å². The fraction of sp³-hybridized carbons (Fsp3) is 0.235. The zero-order valence-corrected chi connectivity index (χ0v) is 10.4. The van der Waals surface area contributed by atoms with E-state index in [0.717, 1.165) is 6.42 Å². The second kappa shape index (κ2) is 3.99. The van der Waals surface area contributed by atoms with Crippen LogP contribution in [0.25, 0.3) is 11.1 Å². The predicted octanol–water partition coefficient (Wildman–Crippen LogP) is 4.15. The summed E-state index contributed by atoms with van der Waals surface area (Å²) in [5.74, 6) is 0.195. The normalized spacial score (nSPS) is 25.4. The van der Waals surface area contributed by atoms with E-state index in [2.05, 4.69) is 61.5 Å². The SMILES string of the molecule is CC1(c2ccc(-c3ccccc3)cc2)CC1C#N. The third-order valence-electron chi connectivity index (χ3n) is 4.04. The van der Waals surface area contributed by atoms with Crippen LogP contribution in [0.2, 0.25) is 0 Å². The number of nitriles is 1. The highest BCUT2D eigenvalue weighted by molar-refractivity contribution is 5.64. The molecular weight excluding hydrogens is 218 g/mol. The maximum Gasteiger partial charge on any atom is 0.0665 e. The minimum atomic E-state index is 0.0873. The van der Waals surface area contributed by atoms with Gasteiger partial charge in [-0.3, -0.25) is 0 Å². The van der Waals surface area contributed by atoms with Crippen LogP contribution in [0.5, 0.6) is 0 Å². The number of rotatable bonds is 2. The highest BCUT2D eigenvalue weighted by atomic mass is 14.5. The Morgan fingerprint density at radius 3 is 2.17 bits per heavy atom. The van der Waals surface area contributed by atoms with E-state index in [1.54, 1.807) is 0 Å². The van der Waals surface area contributed by atoms with Crippen LogP contribution >= 0.6 is 0 Å². The van der Waals surface area contributed by atoms with Crippen molar-refractivity contribution >= 4 is 0 Å². The molecule has 0 heterocycles. The molecule has 1 nitrogen and oxygen atoms in total. The van der Waals surface area contributed by atoms with Crippen LogP contribution in [0.15, 0.2) is 54.6 Å². The van der Waals surface area contributed by atoms with Gasteiger partial charge in [0.15, 0.2) is 0 Å². The van der Waals surface area contributed by atoms with Gasteiger partial charge in [0.1, 0.15) is 0 Å². The van der Waals surface area contributed by atoms with E-state index in [1.807, 2.05) is 6.07 Å². The van der Waals surface area contributed by atoms with Gasteiger partial charge in [0.25, 0.3) is 0 Å². The van der Waals surface area contributed by atoms with Crippen molar-refractivity contribution < 1.29 is 0 Å². The molecule has 2 aromatic carbocycles. The van der Waals surface area contributed by atoms with Crippen LogP contribution in [-0.4, -0.2) is 0 Å². The Balaban J connectivity index is 1.90. The Morgan fingerprint density at radius 1 is 1.00 bits per heavy atom. The lowest BCUT2D eigenvalue weighted by atomic mass is 9.93. The molecule has 0 N–H and O–H groups in total. The standard InChI is InChI=1S/C17H15N/c1-17(11-16(17)12-18)15-9-7-14(8-10-15)13-5-3-2-4-6-13/h2-10,16H,11H2,1H3. The average Bonchev–Trinajstić information content (AvgIpc) is 3.13. The highest BCUT2D eigenvalue weighted by Gasteiger charge is 2.51. The van der Waals surface area contributed by atoms with Gasteiger partial charge >= 0.3 is 0 Å². The first-order valence-electron chi connectivity index (χ1n) is 6.29. The molecule has 0 aromatic heterocycles. The molecular formula is C17H15N. The van der Waals surface area contributed by atoms with Crippen LogP contribution in [-0.2, 0) is 5.41 Å². The molecule has 1 aliphatic carbocycles. The summed E-state index contributed by atoms with van der Waals surface area (Å²) in [5.41, 5.74) is 3.84. The van der Waals surface area contributed by atoms with Gasteiger partial charge in [0, 0.05) is 5.41 Å². The molecule has 0 amide bonds. The number of benzene rings is 2. The summed E-state index contributed by atoms with van der Waals surface area (Å²) in [4.78, 5) is 0. The molecule has 0 radical (unpaired) electrons. The first-order chi connectivity index (χ1) is 8.74. The summed E-state index contributed by atoms with van der Waals surface area (Å²) < 4.78 is 0. The van der Waals surface area contributed by atoms with Gasteiger partial charge in [-0.15, -0.1) is 0 Å². The zero-order chi connectivity index (χ0) is 12.6. The van der Waals surface area contributed by atoms with E-state index in [-0.39, 0.29) is 11.3 Å². The van der Waals surface area contributed by atoms with E-state index in [0.29, 0.717) is 0 Å². The van der Waals surface area contributed by atoms with E-state index in [1.165, 1.54) is 16.7 Å². The second-order valence-corrected chi connectivity index (χ2v) is 5.25. The van der Waals surface area contributed by atoms with Crippen molar-refractivity contribution in [2.75, 3.05) is 0 Å². The minimum absolute atomic E-state index is 0.0873. The monoisotopic (exact) mass is 233 g/mol. The van der Waals surface area contributed by atoms with Crippen LogP contribution in [0.4, 0.5) is 0 Å². The summed E-state index contributed by atoms with van der Waals surface area (Å²) >= 11 is 0. The topological polar surface area (TPSA) is 23.8 Å². The predicted molar refractivity (Wildman–Crippen MR) is 73.0 cm³/mol. The second-order valence-electron chi connectivity index (χ2n) is 5.25. The zero-order valence-electron chi connectivity index (χ0n) is 10.4. The number of nitrogens with zero attached hydrogens (tertiary/aromatic N) is 1. The smallest absolute Gasteiger partial charge is 0.0665 e. The third-order valence-corrected chi connectivity index (χ3v) is 4.04. The summed E-state index contributed by atoms with van der Waals surface area (Å²) in [6, 6.07) is 21.4. The summed E-state index contributed by atoms with van der Waals surface area (Å²) in [5, 5.41) is 8.99. The molecule has 2 aromatic rings. The fourth-order valence-electron chi connectivity index (χ4n) is 2.55. The van der Waals surface area contributed by atoms with Crippen LogP contribution in [0.1, 0.15) is 18.9 Å². The van der Waals surface area contributed by atoms with Gasteiger partial charge in [-0.25, -0.2) is 0 Å². The van der Waals surface area contributed by atoms with E-state index in [4.69, 9.17) is 5.26 Å². The molecule has 1 heteroatoms. The van der Waals surface area contributed by atoms with Crippen molar-refractivity contribution in [3.05, 3.63) is 60.2 Å². The summed E-state index contributed by atoms with van der Waals surface area (Å²) in [6.07, 6.45) is 0.994. The Kier molecular flexibility index (Phi) is 2.45. The first-order valence-corrected chi connectivity index (χ1v) is 6.29. The summed E-state index contributed by atoms with van der Waals surface area (Å²) in [6.45, 7) is 2.18. The molecule has 2 atom stereocenters. The van der Waals surface area contributed by atoms with Crippen molar-refractivity contribution in [3.8, 4) is 17.2 Å². The van der Waals surface area contributed by atoms with Crippen molar-refractivity contribution in [1.82, 2.24) is 0 Å². The number of hydrogen-bond acceptors (Lipinski definition) is 1.